The molecule has 0 atom stereocenters. The fraction of sp³-hybridized carbons (Fsp3) is 0.357. The molecule has 11 heteroatoms. The third-order valence-electron chi connectivity index (χ3n) is 5.79. The van der Waals surface area contributed by atoms with E-state index in [1.54, 1.807) is 5.38 Å². The minimum absolute atomic E-state index is 0.0560. The van der Waals surface area contributed by atoms with E-state index in [0.717, 1.165) is 12.1 Å². The number of carbonyl (C=O) groups excluding carboxylic acids is 3. The van der Waals surface area contributed by atoms with Gasteiger partial charge in [-0.1, -0.05) is 30.3 Å². The van der Waals surface area contributed by atoms with Gasteiger partial charge in [0.1, 0.15) is 12.4 Å². The first-order chi connectivity index (χ1) is 18.7. The molecule has 0 fully saturated rings. The van der Waals surface area contributed by atoms with Crippen LogP contribution in [0.15, 0.2) is 60.0 Å². The van der Waals surface area contributed by atoms with Crippen molar-refractivity contribution in [2.45, 2.75) is 13.0 Å². The highest BCUT2D eigenvalue weighted by atomic mass is 32.1. The highest BCUT2D eigenvalue weighted by Gasteiger charge is 2.21. The maximum absolute atomic E-state index is 13.3. The monoisotopic (exact) mass is 555 g/mol. The topological polar surface area (TPSA) is 95.1 Å². The lowest BCUT2D eigenvalue weighted by Crippen LogP contribution is -2.40. The largest absolute Gasteiger partial charge is 0.383 e. The van der Waals surface area contributed by atoms with Gasteiger partial charge in [-0.15, -0.1) is 11.3 Å². The van der Waals surface area contributed by atoms with E-state index in [-0.39, 0.29) is 37.6 Å². The lowest BCUT2D eigenvalue weighted by molar-refractivity contribution is -0.131. The van der Waals surface area contributed by atoms with E-state index >= 15 is 0 Å². The quantitative estimate of drug-likeness (QED) is 0.329. The van der Waals surface area contributed by atoms with E-state index in [9.17, 15) is 18.8 Å². The molecule has 9 nitrogen and oxygen atoms in total. The van der Waals surface area contributed by atoms with Gasteiger partial charge in [0.25, 0.3) is 5.91 Å². The summed E-state index contributed by atoms with van der Waals surface area (Å²) in [6.45, 7) is 1.99. The molecule has 1 N–H and O–H groups in total. The zero-order valence-corrected chi connectivity index (χ0v) is 23.2. The summed E-state index contributed by atoms with van der Waals surface area (Å²) < 4.78 is 18.3. The number of carbonyl (C=O) groups is 3. The predicted molar refractivity (Wildman–Crippen MR) is 149 cm³/mol. The molecule has 208 valence electrons. The Morgan fingerprint density at radius 2 is 1.69 bits per heavy atom. The number of ether oxygens (including phenoxy) is 1. The molecule has 3 rings (SSSR count). The van der Waals surface area contributed by atoms with Crippen LogP contribution in [0.1, 0.15) is 21.6 Å². The smallest absolute Gasteiger partial charge is 0.254 e. The van der Waals surface area contributed by atoms with Crippen molar-refractivity contribution in [3.63, 3.8) is 0 Å². The molecule has 0 spiro atoms. The van der Waals surface area contributed by atoms with E-state index in [0.29, 0.717) is 23.9 Å². The molecule has 0 unspecified atom stereocenters. The van der Waals surface area contributed by atoms with Crippen LogP contribution in [0.4, 0.5) is 9.52 Å². The van der Waals surface area contributed by atoms with Gasteiger partial charge in [-0.25, -0.2) is 9.37 Å². The molecule has 3 aromatic rings. The minimum atomic E-state index is -0.452. The molecule has 1 heterocycles. The van der Waals surface area contributed by atoms with Gasteiger partial charge in [0, 0.05) is 44.2 Å². The average molecular weight is 556 g/mol. The number of thiazole rings is 1. The molecule has 0 saturated carbocycles. The third kappa shape index (κ3) is 9.86. The van der Waals surface area contributed by atoms with Crippen molar-refractivity contribution < 1.29 is 23.5 Å². The number of halogens is 1. The van der Waals surface area contributed by atoms with Gasteiger partial charge in [-0.3, -0.25) is 14.4 Å². The summed E-state index contributed by atoms with van der Waals surface area (Å²) in [4.78, 5) is 48.3. The summed E-state index contributed by atoms with van der Waals surface area (Å²) in [6.07, 6.45) is 0.107. The van der Waals surface area contributed by atoms with Crippen LogP contribution in [-0.2, 0) is 27.3 Å². The van der Waals surface area contributed by atoms with Crippen LogP contribution < -0.4 is 5.32 Å². The van der Waals surface area contributed by atoms with Gasteiger partial charge in [-0.2, -0.15) is 0 Å². The van der Waals surface area contributed by atoms with Crippen LogP contribution in [0, 0.1) is 5.82 Å². The molecule has 0 radical (unpaired) electrons. The van der Waals surface area contributed by atoms with Gasteiger partial charge < -0.3 is 24.8 Å². The van der Waals surface area contributed by atoms with Crippen molar-refractivity contribution in [2.24, 2.45) is 0 Å². The Balaban J connectivity index is 1.60. The van der Waals surface area contributed by atoms with Crippen LogP contribution >= 0.6 is 11.3 Å². The molecule has 3 amide bonds. The number of aromatic nitrogens is 1. The summed E-state index contributed by atoms with van der Waals surface area (Å²) in [5, 5.41) is 4.79. The zero-order valence-electron chi connectivity index (χ0n) is 22.4. The zero-order chi connectivity index (χ0) is 28.2. The molecule has 0 aliphatic carbocycles. The van der Waals surface area contributed by atoms with Crippen molar-refractivity contribution in [3.8, 4) is 0 Å². The van der Waals surface area contributed by atoms with E-state index in [4.69, 9.17) is 4.74 Å². The highest BCUT2D eigenvalue weighted by Crippen LogP contribution is 2.17. The Labute approximate surface area is 232 Å². The summed E-state index contributed by atoms with van der Waals surface area (Å²) in [6, 6.07) is 15.0. The number of nitrogens with one attached hydrogen (secondary N) is 1. The van der Waals surface area contributed by atoms with Gasteiger partial charge >= 0.3 is 0 Å². The fourth-order valence-electron chi connectivity index (χ4n) is 3.69. The van der Waals surface area contributed by atoms with Gasteiger partial charge in [0.2, 0.25) is 11.8 Å². The molecule has 0 saturated heterocycles. The SMILES string of the molecule is COCCN(CC(=O)Nc1nc(CC(=O)N(CCN(C)C)Cc2ccccc2)cs1)C(=O)c1ccc(F)cc1. The number of anilines is 1. The third-order valence-corrected chi connectivity index (χ3v) is 6.60. The van der Waals surface area contributed by atoms with Gasteiger partial charge in [0.15, 0.2) is 5.13 Å². The van der Waals surface area contributed by atoms with Crippen LogP contribution in [-0.4, -0.2) is 91.4 Å². The predicted octanol–water partition coefficient (Wildman–Crippen LogP) is 3.14. The number of nitrogens with zero attached hydrogens (tertiary/aromatic N) is 4. The average Bonchev–Trinajstić information content (AvgIpc) is 3.35. The van der Waals surface area contributed by atoms with Gasteiger partial charge in [0.05, 0.1) is 18.7 Å². The maximum atomic E-state index is 13.3. The van der Waals surface area contributed by atoms with Crippen molar-refractivity contribution >= 4 is 34.2 Å². The summed E-state index contributed by atoms with van der Waals surface area (Å²) >= 11 is 1.21. The normalized spacial score (nSPS) is 10.9. The Morgan fingerprint density at radius 1 is 0.974 bits per heavy atom. The Kier molecular flexibility index (Phi) is 11.5. The molecule has 39 heavy (non-hydrogen) atoms. The lowest BCUT2D eigenvalue weighted by Gasteiger charge is -2.24. The highest BCUT2D eigenvalue weighted by molar-refractivity contribution is 7.13. The molecule has 0 aliphatic heterocycles. The Hall–Kier alpha value is -3.67. The van der Waals surface area contributed by atoms with E-state index in [1.807, 2.05) is 54.2 Å². The number of hydrogen-bond acceptors (Lipinski definition) is 7. The maximum Gasteiger partial charge on any atom is 0.254 e. The summed E-state index contributed by atoms with van der Waals surface area (Å²) in [7, 11) is 5.43. The van der Waals surface area contributed by atoms with Crippen LogP contribution in [0.5, 0.6) is 0 Å². The second-order valence-electron chi connectivity index (χ2n) is 9.20. The molecule has 2 aromatic carbocycles. The van der Waals surface area contributed by atoms with Crippen molar-refractivity contribution in [1.29, 1.82) is 0 Å². The Bertz CT molecular complexity index is 1220. The lowest BCUT2D eigenvalue weighted by atomic mass is 10.2. The van der Waals surface area contributed by atoms with E-state index < -0.39 is 17.6 Å². The molecular formula is C28H34FN5O4S. The number of benzene rings is 2. The van der Waals surface area contributed by atoms with E-state index in [1.165, 1.54) is 47.6 Å². The Morgan fingerprint density at radius 3 is 2.36 bits per heavy atom. The van der Waals surface area contributed by atoms with Crippen molar-refractivity contribution in [2.75, 3.05) is 59.3 Å². The molecule has 0 bridgehead atoms. The molecular weight excluding hydrogens is 521 g/mol. The number of amides is 3. The summed E-state index contributed by atoms with van der Waals surface area (Å²) in [5.41, 5.74) is 1.87. The van der Waals surface area contributed by atoms with Crippen LogP contribution in [0.2, 0.25) is 0 Å². The molecule has 0 aliphatic rings. The minimum Gasteiger partial charge on any atom is -0.383 e. The fourth-order valence-corrected chi connectivity index (χ4v) is 4.42. The van der Waals surface area contributed by atoms with E-state index in [2.05, 4.69) is 10.3 Å². The first-order valence-electron chi connectivity index (χ1n) is 12.5. The van der Waals surface area contributed by atoms with Crippen molar-refractivity contribution in [1.82, 2.24) is 19.7 Å². The number of methoxy groups -OCH3 is 1. The summed E-state index contributed by atoms with van der Waals surface area (Å²) in [5.74, 6) is -1.36. The first-order valence-corrected chi connectivity index (χ1v) is 13.4. The van der Waals surface area contributed by atoms with Crippen molar-refractivity contribution in [3.05, 3.63) is 82.6 Å². The number of hydrogen-bond donors (Lipinski definition) is 1. The second-order valence-corrected chi connectivity index (χ2v) is 10.1. The number of rotatable bonds is 14. The number of likely N-dealkylation sites (N-methyl/N-ethyl adjacent to an activating group) is 1. The van der Waals surface area contributed by atoms with Crippen LogP contribution in [0.3, 0.4) is 0 Å². The van der Waals surface area contributed by atoms with Gasteiger partial charge in [-0.05, 0) is 43.9 Å². The first kappa shape index (κ1) is 29.9. The molecule has 1 aromatic heterocycles. The van der Waals surface area contributed by atoms with Crippen LogP contribution in [0.25, 0.3) is 0 Å². The standard InChI is InChI=1S/C28H34FN5O4S/c1-32(2)13-14-33(18-21-7-5-4-6-8-21)26(36)17-24-20-39-28(30-24)31-25(35)19-34(15-16-38-3)27(37)22-9-11-23(29)12-10-22/h4-12,20H,13-19H2,1-3H3,(H,30,31,35). The second kappa shape index (κ2) is 15.1.